The molecule has 0 radical (unpaired) electrons. The zero-order valence-electron chi connectivity index (χ0n) is 10.0. The molecule has 0 fully saturated rings. The molecule has 16 heavy (non-hydrogen) atoms. The van der Waals surface area contributed by atoms with E-state index in [2.05, 4.69) is 48.1 Å². The summed E-state index contributed by atoms with van der Waals surface area (Å²) in [5.74, 6) is 1.03. The lowest BCUT2D eigenvalue weighted by molar-refractivity contribution is 0.212. The Morgan fingerprint density at radius 3 is 2.88 bits per heavy atom. The van der Waals surface area contributed by atoms with Gasteiger partial charge in [0.2, 0.25) is 0 Å². The van der Waals surface area contributed by atoms with Gasteiger partial charge in [-0.25, -0.2) is 0 Å². The van der Waals surface area contributed by atoms with E-state index in [0.29, 0.717) is 0 Å². The topological polar surface area (TPSA) is 21.3 Å². The molecule has 1 aromatic carbocycles. The highest BCUT2D eigenvalue weighted by molar-refractivity contribution is 9.10. The molecule has 1 unspecified atom stereocenters. The van der Waals surface area contributed by atoms with Crippen molar-refractivity contribution in [1.29, 1.82) is 0 Å². The lowest BCUT2D eigenvalue weighted by Crippen LogP contribution is -2.42. The Morgan fingerprint density at radius 2 is 2.19 bits per heavy atom. The minimum Gasteiger partial charge on any atom is -0.488 e. The fourth-order valence-electron chi connectivity index (χ4n) is 1.82. The third kappa shape index (κ3) is 2.98. The second kappa shape index (κ2) is 4.38. The molecule has 1 aliphatic rings. The van der Waals surface area contributed by atoms with Gasteiger partial charge < -0.3 is 10.1 Å². The van der Waals surface area contributed by atoms with Crippen molar-refractivity contribution in [2.75, 3.05) is 6.54 Å². The van der Waals surface area contributed by atoms with E-state index in [9.17, 15) is 0 Å². The van der Waals surface area contributed by atoms with Crippen molar-refractivity contribution in [3.8, 4) is 5.75 Å². The molecule has 0 aliphatic carbocycles. The van der Waals surface area contributed by atoms with Gasteiger partial charge in [-0.1, -0.05) is 15.9 Å². The van der Waals surface area contributed by atoms with Crippen LogP contribution in [0.3, 0.4) is 0 Å². The van der Waals surface area contributed by atoms with Gasteiger partial charge in [0.1, 0.15) is 11.9 Å². The third-order valence-corrected chi connectivity index (χ3v) is 3.12. The molecule has 0 saturated carbocycles. The first-order chi connectivity index (χ1) is 7.44. The van der Waals surface area contributed by atoms with Crippen molar-refractivity contribution in [2.24, 2.45) is 0 Å². The first-order valence-electron chi connectivity index (χ1n) is 5.64. The molecule has 1 heterocycles. The molecule has 88 valence electrons. The fraction of sp³-hybridized carbons (Fsp3) is 0.538. The Labute approximate surface area is 106 Å². The van der Waals surface area contributed by atoms with Crippen LogP contribution in [0.15, 0.2) is 22.7 Å². The molecule has 1 aliphatic heterocycles. The largest absolute Gasteiger partial charge is 0.488 e. The SMILES string of the molecule is CC(C)(C)NCC1Cc2cc(Br)ccc2O1. The van der Waals surface area contributed by atoms with Crippen LogP contribution >= 0.6 is 15.9 Å². The number of rotatable bonds is 2. The molecule has 3 heteroatoms. The van der Waals surface area contributed by atoms with Crippen LogP contribution in [0.5, 0.6) is 5.75 Å². The molecular weight excluding hydrogens is 266 g/mol. The van der Waals surface area contributed by atoms with Crippen molar-refractivity contribution >= 4 is 15.9 Å². The zero-order chi connectivity index (χ0) is 11.8. The van der Waals surface area contributed by atoms with Gasteiger partial charge in [-0.15, -0.1) is 0 Å². The molecule has 0 amide bonds. The van der Waals surface area contributed by atoms with Crippen molar-refractivity contribution in [3.05, 3.63) is 28.2 Å². The lowest BCUT2D eigenvalue weighted by Gasteiger charge is -2.22. The quantitative estimate of drug-likeness (QED) is 0.901. The highest BCUT2D eigenvalue weighted by Crippen LogP contribution is 2.31. The second-order valence-electron chi connectivity index (χ2n) is 5.33. The van der Waals surface area contributed by atoms with Gasteiger partial charge in [0.05, 0.1) is 0 Å². The molecule has 0 aromatic heterocycles. The molecule has 0 spiro atoms. The first-order valence-corrected chi connectivity index (χ1v) is 6.43. The average molecular weight is 284 g/mol. The van der Waals surface area contributed by atoms with Gasteiger partial charge >= 0.3 is 0 Å². The molecular formula is C13H18BrNO. The van der Waals surface area contributed by atoms with Gasteiger partial charge in [-0.05, 0) is 44.5 Å². The summed E-state index contributed by atoms with van der Waals surface area (Å²) in [5, 5.41) is 3.48. The number of halogens is 1. The molecule has 1 atom stereocenters. The minimum atomic E-state index is 0.152. The van der Waals surface area contributed by atoms with Crippen LogP contribution in [0.2, 0.25) is 0 Å². The highest BCUT2D eigenvalue weighted by Gasteiger charge is 2.24. The predicted molar refractivity (Wildman–Crippen MR) is 70.0 cm³/mol. The monoisotopic (exact) mass is 283 g/mol. The Hall–Kier alpha value is -0.540. The molecule has 0 bridgehead atoms. The smallest absolute Gasteiger partial charge is 0.123 e. The van der Waals surface area contributed by atoms with E-state index < -0.39 is 0 Å². The normalized spacial score (nSPS) is 19.4. The number of benzene rings is 1. The number of hydrogen-bond acceptors (Lipinski definition) is 2. The predicted octanol–water partition coefficient (Wildman–Crippen LogP) is 3.14. The first kappa shape index (κ1) is 11.9. The van der Waals surface area contributed by atoms with Crippen molar-refractivity contribution < 1.29 is 4.74 Å². The minimum absolute atomic E-state index is 0.152. The summed E-state index contributed by atoms with van der Waals surface area (Å²) in [4.78, 5) is 0. The van der Waals surface area contributed by atoms with E-state index in [4.69, 9.17) is 4.74 Å². The molecule has 1 N–H and O–H groups in total. The Kier molecular flexibility index (Phi) is 3.27. The Morgan fingerprint density at radius 1 is 1.44 bits per heavy atom. The van der Waals surface area contributed by atoms with Gasteiger partial charge in [-0.3, -0.25) is 0 Å². The second-order valence-corrected chi connectivity index (χ2v) is 6.24. The van der Waals surface area contributed by atoms with Crippen LogP contribution in [0, 0.1) is 0 Å². The highest BCUT2D eigenvalue weighted by atomic mass is 79.9. The molecule has 1 aromatic rings. The number of ether oxygens (including phenoxy) is 1. The third-order valence-electron chi connectivity index (χ3n) is 2.62. The summed E-state index contributed by atoms with van der Waals surface area (Å²) in [5.41, 5.74) is 1.45. The molecule has 0 saturated heterocycles. The lowest BCUT2D eigenvalue weighted by atomic mass is 10.1. The summed E-state index contributed by atoms with van der Waals surface area (Å²) in [6.07, 6.45) is 1.27. The average Bonchev–Trinajstić information content (AvgIpc) is 2.55. The van der Waals surface area contributed by atoms with E-state index in [1.165, 1.54) is 5.56 Å². The maximum absolute atomic E-state index is 5.87. The van der Waals surface area contributed by atoms with Gasteiger partial charge in [-0.2, -0.15) is 0 Å². The standard InChI is InChI=1S/C13H18BrNO/c1-13(2,3)15-8-11-7-9-6-10(14)4-5-12(9)16-11/h4-6,11,15H,7-8H2,1-3H3. The van der Waals surface area contributed by atoms with Crippen LogP contribution < -0.4 is 10.1 Å². The van der Waals surface area contributed by atoms with Gasteiger partial charge in [0.15, 0.2) is 0 Å². The van der Waals surface area contributed by atoms with Crippen LogP contribution in [0.1, 0.15) is 26.3 Å². The Bertz CT molecular complexity index is 384. The van der Waals surface area contributed by atoms with Gasteiger partial charge in [0.25, 0.3) is 0 Å². The van der Waals surface area contributed by atoms with E-state index in [1.807, 2.05) is 12.1 Å². The van der Waals surface area contributed by atoms with Gasteiger partial charge in [0, 0.05) is 23.0 Å². The molecule has 2 nitrogen and oxygen atoms in total. The van der Waals surface area contributed by atoms with E-state index in [0.717, 1.165) is 23.2 Å². The Balaban J connectivity index is 1.95. The number of nitrogens with one attached hydrogen (secondary N) is 1. The van der Waals surface area contributed by atoms with Crippen LogP contribution in [0.25, 0.3) is 0 Å². The molecule has 2 rings (SSSR count). The summed E-state index contributed by atoms with van der Waals surface area (Å²) in [7, 11) is 0. The summed E-state index contributed by atoms with van der Waals surface area (Å²) < 4.78 is 7.00. The van der Waals surface area contributed by atoms with Crippen molar-refractivity contribution in [3.63, 3.8) is 0 Å². The fourth-order valence-corrected chi connectivity index (χ4v) is 2.23. The maximum atomic E-state index is 5.87. The van der Waals surface area contributed by atoms with Crippen molar-refractivity contribution in [1.82, 2.24) is 5.32 Å². The van der Waals surface area contributed by atoms with E-state index >= 15 is 0 Å². The summed E-state index contributed by atoms with van der Waals surface area (Å²) >= 11 is 3.48. The summed E-state index contributed by atoms with van der Waals surface area (Å²) in [6.45, 7) is 7.42. The van der Waals surface area contributed by atoms with E-state index in [1.54, 1.807) is 0 Å². The number of fused-ring (bicyclic) bond motifs is 1. The summed E-state index contributed by atoms with van der Waals surface area (Å²) in [6, 6.07) is 6.21. The number of hydrogen-bond donors (Lipinski definition) is 1. The van der Waals surface area contributed by atoms with Crippen LogP contribution in [0.4, 0.5) is 0 Å². The maximum Gasteiger partial charge on any atom is 0.123 e. The van der Waals surface area contributed by atoms with Crippen LogP contribution in [-0.4, -0.2) is 18.2 Å². The van der Waals surface area contributed by atoms with E-state index in [-0.39, 0.29) is 11.6 Å². The zero-order valence-corrected chi connectivity index (χ0v) is 11.6. The van der Waals surface area contributed by atoms with Crippen molar-refractivity contribution in [2.45, 2.75) is 38.8 Å². The van der Waals surface area contributed by atoms with Crippen LogP contribution in [-0.2, 0) is 6.42 Å².